The minimum atomic E-state index is -0.0861. The number of hydrogen-bond donors (Lipinski definition) is 2. The number of hydrogen-bond acceptors (Lipinski definition) is 4. The van der Waals surface area contributed by atoms with Gasteiger partial charge in [-0.05, 0) is 43.9 Å². The van der Waals surface area contributed by atoms with Crippen LogP contribution in [0.5, 0.6) is 0 Å². The molecule has 17 heavy (non-hydrogen) atoms. The normalized spacial score (nSPS) is 25.0. The Morgan fingerprint density at radius 1 is 1.24 bits per heavy atom. The van der Waals surface area contributed by atoms with Crippen molar-refractivity contribution < 1.29 is 5.11 Å². The number of anilines is 1. The molecule has 1 aliphatic carbocycles. The molecule has 0 atom stereocenters. The van der Waals surface area contributed by atoms with E-state index >= 15 is 0 Å². The van der Waals surface area contributed by atoms with Crippen LogP contribution in [0, 0.1) is 0 Å². The van der Waals surface area contributed by atoms with Gasteiger partial charge in [0.25, 0.3) is 0 Å². The van der Waals surface area contributed by atoms with Crippen molar-refractivity contribution in [3.63, 3.8) is 0 Å². The highest BCUT2D eigenvalue weighted by Gasteiger charge is 2.18. The summed E-state index contributed by atoms with van der Waals surface area (Å²) in [6.07, 6.45) is 3.86. The van der Waals surface area contributed by atoms with E-state index in [2.05, 4.69) is 28.5 Å². The zero-order valence-corrected chi connectivity index (χ0v) is 10.4. The Hall–Kier alpha value is -1.13. The maximum absolute atomic E-state index is 9.47. The molecule has 1 saturated carbocycles. The van der Waals surface area contributed by atoms with Crippen molar-refractivity contribution in [1.29, 1.82) is 0 Å². The first-order valence-corrected chi connectivity index (χ1v) is 6.97. The van der Waals surface area contributed by atoms with E-state index < -0.39 is 0 Å². The molecule has 2 aromatic rings. The second kappa shape index (κ2) is 4.63. The SMILES string of the molecule is OC1CCC(Nc2ccc3ncsc3c2)CC1. The highest BCUT2D eigenvalue weighted by molar-refractivity contribution is 7.16. The maximum Gasteiger partial charge on any atom is 0.0813 e. The van der Waals surface area contributed by atoms with E-state index in [0.717, 1.165) is 31.2 Å². The molecule has 0 spiro atoms. The molecule has 0 amide bonds. The molecule has 2 N–H and O–H groups in total. The summed E-state index contributed by atoms with van der Waals surface area (Å²) < 4.78 is 1.23. The van der Waals surface area contributed by atoms with Crippen molar-refractivity contribution in [3.05, 3.63) is 23.7 Å². The summed E-state index contributed by atoms with van der Waals surface area (Å²) >= 11 is 1.67. The van der Waals surface area contributed by atoms with Crippen molar-refractivity contribution in [1.82, 2.24) is 4.98 Å². The summed E-state index contributed by atoms with van der Waals surface area (Å²) in [5, 5.41) is 13.0. The molecule has 0 bridgehead atoms. The van der Waals surface area contributed by atoms with Crippen molar-refractivity contribution in [3.8, 4) is 0 Å². The zero-order chi connectivity index (χ0) is 11.7. The lowest BCUT2D eigenvalue weighted by molar-refractivity contribution is 0.126. The molecule has 3 rings (SSSR count). The van der Waals surface area contributed by atoms with Crippen LogP contribution < -0.4 is 5.32 Å². The number of nitrogens with zero attached hydrogens (tertiary/aromatic N) is 1. The van der Waals surface area contributed by atoms with Crippen molar-refractivity contribution in [2.24, 2.45) is 0 Å². The number of fused-ring (bicyclic) bond motifs is 1. The van der Waals surface area contributed by atoms with Gasteiger partial charge in [-0.2, -0.15) is 0 Å². The van der Waals surface area contributed by atoms with Gasteiger partial charge in [0.2, 0.25) is 0 Å². The molecule has 1 fully saturated rings. The molecule has 1 aromatic heterocycles. The molecule has 1 aromatic carbocycles. The Kier molecular flexibility index (Phi) is 2.99. The van der Waals surface area contributed by atoms with Crippen LogP contribution in [0.3, 0.4) is 0 Å². The van der Waals surface area contributed by atoms with Crippen molar-refractivity contribution in [2.75, 3.05) is 5.32 Å². The van der Waals surface area contributed by atoms with E-state index in [-0.39, 0.29) is 6.10 Å². The summed E-state index contributed by atoms with van der Waals surface area (Å²) in [6.45, 7) is 0. The van der Waals surface area contributed by atoms with Gasteiger partial charge in [-0.15, -0.1) is 11.3 Å². The lowest BCUT2D eigenvalue weighted by Crippen LogP contribution is -2.28. The Morgan fingerprint density at radius 2 is 2.06 bits per heavy atom. The van der Waals surface area contributed by atoms with Gasteiger partial charge >= 0.3 is 0 Å². The third-order valence-corrected chi connectivity index (χ3v) is 4.19. The van der Waals surface area contributed by atoms with Crippen LogP contribution in [0.25, 0.3) is 10.2 Å². The number of aliphatic hydroxyl groups is 1. The lowest BCUT2D eigenvalue weighted by atomic mass is 9.93. The smallest absolute Gasteiger partial charge is 0.0813 e. The quantitative estimate of drug-likeness (QED) is 0.858. The van der Waals surface area contributed by atoms with Gasteiger partial charge in [-0.1, -0.05) is 0 Å². The van der Waals surface area contributed by atoms with Crippen LogP contribution in [0.2, 0.25) is 0 Å². The van der Waals surface area contributed by atoms with Gasteiger partial charge in [-0.25, -0.2) is 4.98 Å². The van der Waals surface area contributed by atoms with Gasteiger partial charge < -0.3 is 10.4 Å². The molecule has 3 nitrogen and oxygen atoms in total. The van der Waals surface area contributed by atoms with Crippen LogP contribution in [-0.4, -0.2) is 22.2 Å². The molecular formula is C13H16N2OS. The highest BCUT2D eigenvalue weighted by Crippen LogP contribution is 2.25. The van der Waals surface area contributed by atoms with Crippen molar-refractivity contribution in [2.45, 2.75) is 37.8 Å². The lowest BCUT2D eigenvalue weighted by Gasteiger charge is -2.27. The zero-order valence-electron chi connectivity index (χ0n) is 9.60. The first kappa shape index (κ1) is 11.0. The Balaban J connectivity index is 1.71. The van der Waals surface area contributed by atoms with Crippen LogP contribution in [0.1, 0.15) is 25.7 Å². The molecule has 0 radical (unpaired) electrons. The minimum absolute atomic E-state index is 0.0861. The number of nitrogens with one attached hydrogen (secondary N) is 1. The number of thiazole rings is 1. The van der Waals surface area contributed by atoms with E-state index in [4.69, 9.17) is 0 Å². The standard InChI is InChI=1S/C13H16N2OS/c16-11-4-1-9(2-5-11)15-10-3-6-12-13(7-10)17-8-14-12/h3,6-9,11,15-16H,1-2,4-5H2. The summed E-state index contributed by atoms with van der Waals surface area (Å²) in [5.41, 5.74) is 4.12. The molecule has 4 heteroatoms. The predicted molar refractivity (Wildman–Crippen MR) is 71.5 cm³/mol. The fraction of sp³-hybridized carbons (Fsp3) is 0.462. The van der Waals surface area contributed by atoms with Crippen LogP contribution in [0.4, 0.5) is 5.69 Å². The molecule has 0 aliphatic heterocycles. The third kappa shape index (κ3) is 2.42. The summed E-state index contributed by atoms with van der Waals surface area (Å²) in [5.74, 6) is 0. The number of aromatic nitrogens is 1. The molecule has 0 unspecified atom stereocenters. The van der Waals surface area contributed by atoms with E-state index in [9.17, 15) is 5.11 Å². The molecule has 0 saturated heterocycles. The maximum atomic E-state index is 9.47. The van der Waals surface area contributed by atoms with E-state index in [1.165, 1.54) is 10.4 Å². The third-order valence-electron chi connectivity index (χ3n) is 3.40. The van der Waals surface area contributed by atoms with E-state index in [1.807, 2.05) is 5.51 Å². The number of benzene rings is 1. The first-order chi connectivity index (χ1) is 8.31. The van der Waals surface area contributed by atoms with Gasteiger partial charge in [0.05, 0.1) is 21.8 Å². The van der Waals surface area contributed by atoms with Gasteiger partial charge in [0, 0.05) is 11.7 Å². The fourth-order valence-corrected chi connectivity index (χ4v) is 3.12. The topological polar surface area (TPSA) is 45.1 Å². The number of rotatable bonds is 2. The minimum Gasteiger partial charge on any atom is -0.393 e. The predicted octanol–water partition coefficient (Wildman–Crippen LogP) is 3.01. The Labute approximate surface area is 105 Å². The summed E-state index contributed by atoms with van der Waals surface area (Å²) in [6, 6.07) is 6.82. The van der Waals surface area contributed by atoms with E-state index in [0.29, 0.717) is 6.04 Å². The van der Waals surface area contributed by atoms with Gasteiger partial charge in [0.1, 0.15) is 0 Å². The summed E-state index contributed by atoms with van der Waals surface area (Å²) in [4.78, 5) is 4.27. The van der Waals surface area contributed by atoms with Crippen LogP contribution >= 0.6 is 11.3 Å². The summed E-state index contributed by atoms with van der Waals surface area (Å²) in [7, 11) is 0. The largest absolute Gasteiger partial charge is 0.393 e. The van der Waals surface area contributed by atoms with E-state index in [1.54, 1.807) is 11.3 Å². The Morgan fingerprint density at radius 3 is 2.88 bits per heavy atom. The van der Waals surface area contributed by atoms with Gasteiger partial charge in [-0.3, -0.25) is 0 Å². The van der Waals surface area contributed by atoms with Crippen LogP contribution in [-0.2, 0) is 0 Å². The second-order valence-electron chi connectivity index (χ2n) is 4.68. The monoisotopic (exact) mass is 248 g/mol. The van der Waals surface area contributed by atoms with Crippen LogP contribution in [0.15, 0.2) is 23.7 Å². The molecule has 1 aliphatic rings. The molecule has 1 heterocycles. The fourth-order valence-electron chi connectivity index (χ4n) is 2.40. The molecule has 90 valence electrons. The van der Waals surface area contributed by atoms with Gasteiger partial charge in [0.15, 0.2) is 0 Å². The second-order valence-corrected chi connectivity index (χ2v) is 5.57. The first-order valence-electron chi connectivity index (χ1n) is 6.09. The average molecular weight is 248 g/mol. The average Bonchev–Trinajstić information content (AvgIpc) is 2.79. The van der Waals surface area contributed by atoms with Crippen molar-refractivity contribution >= 4 is 27.2 Å². The molecular weight excluding hydrogens is 232 g/mol. The Bertz CT molecular complexity index is 503. The highest BCUT2D eigenvalue weighted by atomic mass is 32.1. The number of aliphatic hydroxyl groups excluding tert-OH is 1.